The van der Waals surface area contributed by atoms with Gasteiger partial charge >= 0.3 is 0 Å². The summed E-state index contributed by atoms with van der Waals surface area (Å²) in [6, 6.07) is 26.8. The molecule has 0 saturated carbocycles. The van der Waals surface area contributed by atoms with Gasteiger partial charge in [-0.1, -0.05) is 72.3 Å². The highest BCUT2D eigenvalue weighted by molar-refractivity contribution is 5.77. The van der Waals surface area contributed by atoms with E-state index in [-0.39, 0.29) is 17.9 Å². The van der Waals surface area contributed by atoms with E-state index in [4.69, 9.17) is 4.74 Å². The minimum absolute atomic E-state index is 0.00965. The molecule has 0 spiro atoms. The van der Waals surface area contributed by atoms with Crippen molar-refractivity contribution in [2.45, 2.75) is 45.6 Å². The Morgan fingerprint density at radius 3 is 2.07 bits per heavy atom. The Hall–Kier alpha value is -3.07. The third kappa shape index (κ3) is 6.48. The second kappa shape index (κ2) is 10.6. The Morgan fingerprint density at radius 1 is 0.867 bits per heavy atom. The number of nitrogens with one attached hydrogen (secondary N) is 1. The Morgan fingerprint density at radius 2 is 1.47 bits per heavy atom. The van der Waals surface area contributed by atoms with E-state index in [1.165, 1.54) is 11.1 Å². The minimum Gasteiger partial charge on any atom is -0.491 e. The lowest BCUT2D eigenvalue weighted by Crippen LogP contribution is -2.27. The van der Waals surface area contributed by atoms with Gasteiger partial charge in [-0.25, -0.2) is 0 Å². The molecule has 3 heteroatoms. The predicted octanol–water partition coefficient (Wildman–Crippen LogP) is 5.66. The van der Waals surface area contributed by atoms with Crippen LogP contribution in [0.5, 0.6) is 5.75 Å². The lowest BCUT2D eigenvalue weighted by Gasteiger charge is -2.19. The molecule has 1 atom stereocenters. The van der Waals surface area contributed by atoms with E-state index in [9.17, 15) is 4.79 Å². The summed E-state index contributed by atoms with van der Waals surface area (Å²) in [5, 5.41) is 3.09. The van der Waals surface area contributed by atoms with E-state index in [0.717, 1.165) is 23.3 Å². The van der Waals surface area contributed by atoms with Gasteiger partial charge in [0.25, 0.3) is 0 Å². The summed E-state index contributed by atoms with van der Waals surface area (Å²) in [6.07, 6.45) is 1.39. The lowest BCUT2D eigenvalue weighted by molar-refractivity contribution is -0.121. The second-order valence-electron chi connectivity index (χ2n) is 7.99. The highest BCUT2D eigenvalue weighted by Crippen LogP contribution is 2.30. The molecule has 0 saturated heterocycles. The molecule has 0 fully saturated rings. The van der Waals surface area contributed by atoms with Crippen molar-refractivity contribution in [1.29, 1.82) is 0 Å². The molecule has 1 amide bonds. The van der Waals surface area contributed by atoms with E-state index in [1.807, 2.05) is 44.2 Å². The normalized spacial score (nSPS) is 11.9. The molecule has 156 valence electrons. The number of carbonyl (C=O) groups excluding carboxylic acids is 1. The van der Waals surface area contributed by atoms with Crippen LogP contribution in [0.1, 0.15) is 48.4 Å². The molecule has 3 nitrogen and oxygen atoms in total. The predicted molar refractivity (Wildman–Crippen MR) is 123 cm³/mol. The summed E-state index contributed by atoms with van der Waals surface area (Å²) >= 11 is 0. The number of benzene rings is 3. The van der Waals surface area contributed by atoms with Crippen LogP contribution in [0, 0.1) is 6.92 Å². The van der Waals surface area contributed by atoms with Crippen molar-refractivity contribution >= 4 is 5.91 Å². The molecular weight excluding hydrogens is 370 g/mol. The van der Waals surface area contributed by atoms with Gasteiger partial charge in [0.1, 0.15) is 5.75 Å². The van der Waals surface area contributed by atoms with Crippen LogP contribution in [-0.4, -0.2) is 18.6 Å². The third-order valence-electron chi connectivity index (χ3n) is 5.10. The topological polar surface area (TPSA) is 38.3 Å². The minimum atomic E-state index is 0.00965. The highest BCUT2D eigenvalue weighted by Gasteiger charge is 2.18. The number of hydrogen-bond acceptors (Lipinski definition) is 2. The largest absolute Gasteiger partial charge is 0.491 e. The fourth-order valence-electron chi connectivity index (χ4n) is 3.53. The molecule has 3 rings (SSSR count). The zero-order chi connectivity index (χ0) is 21.3. The zero-order valence-electron chi connectivity index (χ0n) is 18.1. The smallest absolute Gasteiger partial charge is 0.220 e. The van der Waals surface area contributed by atoms with Crippen LogP contribution in [0.4, 0.5) is 0 Å². The first-order valence-electron chi connectivity index (χ1n) is 10.6. The van der Waals surface area contributed by atoms with Crippen molar-refractivity contribution in [2.24, 2.45) is 0 Å². The van der Waals surface area contributed by atoms with E-state index in [2.05, 4.69) is 60.8 Å². The standard InChI is InChI=1S/C27H31NO2/c1-20(2)30-25-15-13-24(14-16-25)26(23-11-9-21(3)10-12-23)19-27(29)28-18-17-22-7-5-4-6-8-22/h4-16,20,26H,17-19H2,1-3H3,(H,28,29)/t26-/m1/s1. The molecule has 3 aromatic rings. The first-order chi connectivity index (χ1) is 14.5. The van der Waals surface area contributed by atoms with Crippen LogP contribution in [0.2, 0.25) is 0 Å². The monoisotopic (exact) mass is 401 g/mol. The van der Waals surface area contributed by atoms with Crippen molar-refractivity contribution in [3.8, 4) is 5.75 Å². The number of ether oxygens (including phenoxy) is 1. The van der Waals surface area contributed by atoms with Crippen molar-refractivity contribution < 1.29 is 9.53 Å². The molecule has 0 radical (unpaired) electrons. The SMILES string of the molecule is Cc1ccc([C@@H](CC(=O)NCCc2ccccc2)c2ccc(OC(C)C)cc2)cc1. The van der Waals surface area contributed by atoms with Gasteiger partial charge in [-0.2, -0.15) is 0 Å². The Balaban J connectivity index is 1.69. The molecule has 0 aromatic heterocycles. The zero-order valence-corrected chi connectivity index (χ0v) is 18.1. The summed E-state index contributed by atoms with van der Waals surface area (Å²) in [7, 11) is 0. The molecule has 3 aromatic carbocycles. The van der Waals surface area contributed by atoms with Gasteiger partial charge in [0, 0.05) is 18.9 Å². The van der Waals surface area contributed by atoms with E-state index in [0.29, 0.717) is 13.0 Å². The van der Waals surface area contributed by atoms with Crippen LogP contribution in [0.15, 0.2) is 78.9 Å². The van der Waals surface area contributed by atoms with E-state index < -0.39 is 0 Å². The Labute approximate surface area is 180 Å². The molecule has 0 aliphatic carbocycles. The fourth-order valence-corrected chi connectivity index (χ4v) is 3.53. The van der Waals surface area contributed by atoms with E-state index in [1.54, 1.807) is 0 Å². The number of hydrogen-bond donors (Lipinski definition) is 1. The number of carbonyl (C=O) groups is 1. The Bertz CT molecular complexity index is 915. The molecule has 0 aliphatic heterocycles. The maximum atomic E-state index is 12.7. The average molecular weight is 402 g/mol. The summed E-state index contributed by atoms with van der Waals surface area (Å²) in [5.41, 5.74) is 4.71. The van der Waals surface area contributed by atoms with Gasteiger partial charge in [0.2, 0.25) is 5.91 Å². The van der Waals surface area contributed by atoms with E-state index >= 15 is 0 Å². The summed E-state index contributed by atoms with van der Waals surface area (Å²) in [5.74, 6) is 0.929. The van der Waals surface area contributed by atoms with Crippen LogP contribution in [0.3, 0.4) is 0 Å². The highest BCUT2D eigenvalue weighted by atomic mass is 16.5. The van der Waals surface area contributed by atoms with Gasteiger partial charge < -0.3 is 10.1 Å². The molecule has 0 aliphatic rings. The molecule has 0 bridgehead atoms. The van der Waals surface area contributed by atoms with Gasteiger partial charge in [0.05, 0.1) is 6.10 Å². The first kappa shape index (κ1) is 21.6. The van der Waals surface area contributed by atoms with Gasteiger partial charge in [0.15, 0.2) is 0 Å². The van der Waals surface area contributed by atoms with Crippen molar-refractivity contribution in [1.82, 2.24) is 5.32 Å². The molecule has 0 unspecified atom stereocenters. The first-order valence-corrected chi connectivity index (χ1v) is 10.6. The quantitative estimate of drug-likeness (QED) is 0.502. The number of rotatable bonds is 9. The summed E-state index contributed by atoms with van der Waals surface area (Å²) < 4.78 is 5.77. The number of aryl methyl sites for hydroxylation is 1. The molecule has 1 N–H and O–H groups in total. The van der Waals surface area contributed by atoms with Gasteiger partial charge in [-0.05, 0) is 56.0 Å². The molecule has 0 heterocycles. The van der Waals surface area contributed by atoms with Crippen LogP contribution in [0.25, 0.3) is 0 Å². The van der Waals surface area contributed by atoms with Gasteiger partial charge in [-0.15, -0.1) is 0 Å². The maximum absolute atomic E-state index is 12.7. The number of amides is 1. The summed E-state index contributed by atoms with van der Waals surface area (Å²) in [4.78, 5) is 12.7. The molecule has 30 heavy (non-hydrogen) atoms. The van der Waals surface area contributed by atoms with Crippen LogP contribution in [-0.2, 0) is 11.2 Å². The third-order valence-corrected chi connectivity index (χ3v) is 5.10. The lowest BCUT2D eigenvalue weighted by atomic mass is 9.88. The van der Waals surface area contributed by atoms with Crippen molar-refractivity contribution in [3.05, 3.63) is 101 Å². The van der Waals surface area contributed by atoms with Gasteiger partial charge in [-0.3, -0.25) is 4.79 Å². The maximum Gasteiger partial charge on any atom is 0.220 e. The molecular formula is C27H31NO2. The van der Waals surface area contributed by atoms with Crippen LogP contribution < -0.4 is 10.1 Å². The van der Waals surface area contributed by atoms with Crippen LogP contribution >= 0.6 is 0 Å². The summed E-state index contributed by atoms with van der Waals surface area (Å²) in [6.45, 7) is 6.75. The van der Waals surface area contributed by atoms with Crippen molar-refractivity contribution in [2.75, 3.05) is 6.54 Å². The fraction of sp³-hybridized carbons (Fsp3) is 0.296. The Kier molecular flexibility index (Phi) is 7.67. The average Bonchev–Trinajstić information content (AvgIpc) is 2.74. The second-order valence-corrected chi connectivity index (χ2v) is 7.99. The van der Waals surface area contributed by atoms with Crippen molar-refractivity contribution in [3.63, 3.8) is 0 Å².